The highest BCUT2D eigenvalue weighted by Gasteiger charge is 2.12. The molecule has 1 aromatic heterocycles. The number of allylic oxidation sites excluding steroid dienone is 1. The van der Waals surface area contributed by atoms with Crippen LogP contribution in [-0.4, -0.2) is 4.98 Å². The third kappa shape index (κ3) is 2.66. The largest absolute Gasteiger partial charge is 0.245 e. The van der Waals surface area contributed by atoms with E-state index in [2.05, 4.69) is 22.5 Å². The molecule has 2 heteroatoms. The van der Waals surface area contributed by atoms with Crippen LogP contribution in [0.15, 0.2) is 17.0 Å². The smallest absolute Gasteiger partial charge is 0.0798 e. The van der Waals surface area contributed by atoms with E-state index in [0.717, 1.165) is 11.6 Å². The molecule has 0 aliphatic heterocycles. The first kappa shape index (κ1) is 8.95. The summed E-state index contributed by atoms with van der Waals surface area (Å²) in [6.07, 6.45) is 11.4. The molecule has 0 aromatic carbocycles. The van der Waals surface area contributed by atoms with Crippen molar-refractivity contribution in [1.29, 1.82) is 0 Å². The van der Waals surface area contributed by atoms with E-state index < -0.39 is 0 Å². The van der Waals surface area contributed by atoms with Crippen molar-refractivity contribution < 1.29 is 0 Å². The van der Waals surface area contributed by atoms with Crippen molar-refractivity contribution in [3.05, 3.63) is 22.7 Å². The molecule has 1 saturated carbocycles. The molecule has 0 bridgehead atoms. The molecule has 70 valence electrons. The number of hydrogen-bond acceptors (Lipinski definition) is 2. The standard InChI is InChI=1S/C11H15NS/c1-2-5-10(4-1)6-3-7-11-8-13-9-12-11/h3,7-10H,1-2,4-6H2/b7-3+. The Morgan fingerprint density at radius 2 is 2.31 bits per heavy atom. The zero-order valence-electron chi connectivity index (χ0n) is 7.78. The van der Waals surface area contributed by atoms with E-state index in [1.165, 1.54) is 32.1 Å². The number of hydrogen-bond donors (Lipinski definition) is 0. The fourth-order valence-electron chi connectivity index (χ4n) is 1.93. The molecule has 0 amide bonds. The summed E-state index contributed by atoms with van der Waals surface area (Å²) >= 11 is 1.66. The number of thiazole rings is 1. The van der Waals surface area contributed by atoms with Gasteiger partial charge in [0.1, 0.15) is 0 Å². The number of rotatable bonds is 3. The Bertz CT molecular complexity index is 258. The van der Waals surface area contributed by atoms with Gasteiger partial charge in [0.15, 0.2) is 0 Å². The summed E-state index contributed by atoms with van der Waals surface area (Å²) < 4.78 is 0. The maximum absolute atomic E-state index is 4.21. The van der Waals surface area contributed by atoms with Crippen LogP contribution < -0.4 is 0 Å². The van der Waals surface area contributed by atoms with Gasteiger partial charge in [0.05, 0.1) is 11.2 Å². The Morgan fingerprint density at radius 1 is 1.46 bits per heavy atom. The molecule has 1 aliphatic rings. The Kier molecular flexibility index (Phi) is 3.14. The molecule has 1 aliphatic carbocycles. The minimum absolute atomic E-state index is 0.954. The lowest BCUT2D eigenvalue weighted by molar-refractivity contribution is 0.559. The highest BCUT2D eigenvalue weighted by atomic mass is 32.1. The van der Waals surface area contributed by atoms with Crippen molar-refractivity contribution in [1.82, 2.24) is 4.98 Å². The van der Waals surface area contributed by atoms with Gasteiger partial charge >= 0.3 is 0 Å². The summed E-state index contributed by atoms with van der Waals surface area (Å²) in [6, 6.07) is 0. The zero-order chi connectivity index (χ0) is 8.93. The van der Waals surface area contributed by atoms with Gasteiger partial charge in [-0.2, -0.15) is 0 Å². The van der Waals surface area contributed by atoms with Gasteiger partial charge in [0.2, 0.25) is 0 Å². The third-order valence-corrected chi connectivity index (χ3v) is 3.29. The van der Waals surface area contributed by atoms with E-state index in [9.17, 15) is 0 Å². The SMILES string of the molecule is C(=C\c1cscn1)/CC1CCCC1. The van der Waals surface area contributed by atoms with Crippen molar-refractivity contribution >= 4 is 17.4 Å². The predicted molar refractivity (Wildman–Crippen MR) is 57.7 cm³/mol. The van der Waals surface area contributed by atoms with Gasteiger partial charge in [-0.25, -0.2) is 4.98 Å². The van der Waals surface area contributed by atoms with Crippen LogP contribution >= 0.6 is 11.3 Å². The van der Waals surface area contributed by atoms with Crippen LogP contribution in [0.2, 0.25) is 0 Å². The average molecular weight is 193 g/mol. The molecule has 0 saturated heterocycles. The van der Waals surface area contributed by atoms with E-state index in [0.29, 0.717) is 0 Å². The molecular formula is C11H15NS. The highest BCUT2D eigenvalue weighted by Crippen LogP contribution is 2.27. The third-order valence-electron chi connectivity index (χ3n) is 2.68. The minimum atomic E-state index is 0.954. The molecule has 2 rings (SSSR count). The fraction of sp³-hybridized carbons (Fsp3) is 0.545. The van der Waals surface area contributed by atoms with Gasteiger partial charge in [0.25, 0.3) is 0 Å². The van der Waals surface area contributed by atoms with Crippen LogP contribution in [0.3, 0.4) is 0 Å². The highest BCUT2D eigenvalue weighted by molar-refractivity contribution is 7.07. The minimum Gasteiger partial charge on any atom is -0.245 e. The molecular weight excluding hydrogens is 178 g/mol. The van der Waals surface area contributed by atoms with Gasteiger partial charge in [0, 0.05) is 5.38 Å². The van der Waals surface area contributed by atoms with Crippen LogP contribution in [0.4, 0.5) is 0 Å². The van der Waals surface area contributed by atoms with Crippen molar-refractivity contribution in [2.75, 3.05) is 0 Å². The van der Waals surface area contributed by atoms with Gasteiger partial charge in [-0.15, -0.1) is 11.3 Å². The number of aromatic nitrogens is 1. The molecule has 0 spiro atoms. The Hall–Kier alpha value is -0.630. The second-order valence-corrected chi connectivity index (χ2v) is 4.42. The maximum atomic E-state index is 4.21. The van der Waals surface area contributed by atoms with E-state index in [1.54, 1.807) is 11.3 Å². The second kappa shape index (κ2) is 4.56. The Labute approximate surface area is 83.5 Å². The lowest BCUT2D eigenvalue weighted by Gasteiger charge is -2.02. The Balaban J connectivity index is 1.78. The summed E-state index contributed by atoms with van der Waals surface area (Å²) in [5.41, 5.74) is 3.00. The summed E-state index contributed by atoms with van der Waals surface area (Å²) in [7, 11) is 0. The quantitative estimate of drug-likeness (QED) is 0.712. The first-order chi connectivity index (χ1) is 6.45. The van der Waals surface area contributed by atoms with Gasteiger partial charge in [-0.05, 0) is 18.4 Å². The van der Waals surface area contributed by atoms with Crippen LogP contribution in [0.5, 0.6) is 0 Å². The lowest BCUT2D eigenvalue weighted by atomic mass is 10.0. The molecule has 1 heterocycles. The zero-order valence-corrected chi connectivity index (χ0v) is 8.59. The van der Waals surface area contributed by atoms with Gasteiger partial charge in [-0.3, -0.25) is 0 Å². The summed E-state index contributed by atoms with van der Waals surface area (Å²) in [6.45, 7) is 0. The van der Waals surface area contributed by atoms with Crippen LogP contribution in [0.25, 0.3) is 6.08 Å². The molecule has 0 unspecified atom stereocenters. The van der Waals surface area contributed by atoms with E-state index >= 15 is 0 Å². The molecule has 0 atom stereocenters. The van der Waals surface area contributed by atoms with E-state index in [1.807, 2.05) is 5.51 Å². The van der Waals surface area contributed by atoms with E-state index in [4.69, 9.17) is 0 Å². The van der Waals surface area contributed by atoms with Gasteiger partial charge in [-0.1, -0.05) is 31.8 Å². The van der Waals surface area contributed by atoms with Crippen LogP contribution in [0.1, 0.15) is 37.8 Å². The fourth-order valence-corrected chi connectivity index (χ4v) is 2.45. The topological polar surface area (TPSA) is 12.9 Å². The van der Waals surface area contributed by atoms with Crippen molar-refractivity contribution in [3.63, 3.8) is 0 Å². The van der Waals surface area contributed by atoms with Crippen molar-refractivity contribution in [3.8, 4) is 0 Å². The monoisotopic (exact) mass is 193 g/mol. The molecule has 0 radical (unpaired) electrons. The van der Waals surface area contributed by atoms with Crippen molar-refractivity contribution in [2.24, 2.45) is 5.92 Å². The summed E-state index contributed by atoms with van der Waals surface area (Å²) in [4.78, 5) is 4.21. The Morgan fingerprint density at radius 3 is 3.00 bits per heavy atom. The molecule has 1 nitrogen and oxygen atoms in total. The molecule has 1 fully saturated rings. The lowest BCUT2D eigenvalue weighted by Crippen LogP contribution is -1.88. The van der Waals surface area contributed by atoms with Crippen molar-refractivity contribution in [2.45, 2.75) is 32.1 Å². The summed E-state index contributed by atoms with van der Waals surface area (Å²) in [5, 5.41) is 2.09. The first-order valence-corrected chi connectivity index (χ1v) is 5.94. The van der Waals surface area contributed by atoms with Gasteiger partial charge < -0.3 is 0 Å². The second-order valence-electron chi connectivity index (χ2n) is 3.70. The van der Waals surface area contributed by atoms with Crippen LogP contribution in [-0.2, 0) is 0 Å². The van der Waals surface area contributed by atoms with E-state index in [-0.39, 0.29) is 0 Å². The normalized spacial score (nSPS) is 18.8. The maximum Gasteiger partial charge on any atom is 0.0798 e. The average Bonchev–Trinajstić information content (AvgIpc) is 2.75. The first-order valence-electron chi connectivity index (χ1n) is 5.00. The molecule has 0 N–H and O–H groups in total. The summed E-state index contributed by atoms with van der Waals surface area (Å²) in [5.74, 6) is 0.954. The molecule has 13 heavy (non-hydrogen) atoms. The molecule has 1 aromatic rings. The predicted octanol–water partition coefficient (Wildman–Crippen LogP) is 3.74. The van der Waals surface area contributed by atoms with Crippen LogP contribution in [0, 0.1) is 5.92 Å². The number of nitrogens with zero attached hydrogens (tertiary/aromatic N) is 1.